The molecule has 2 fully saturated rings. The maximum Gasteiger partial charge on any atom is 0.329 e. The molecule has 3 atom stereocenters. The van der Waals surface area contributed by atoms with Crippen LogP contribution in [-0.4, -0.2) is 48.3 Å². The standard InChI is InChI=1S/C21H26N2O6/c1-13(23-19(25)15-8-4-5-9-16(15)20(23)26)21(27)29-12-18(24)22-11-14-7-3-6-10-17(14)28-2/h3,6-7,10,13,15-16H,4-5,8-9,11-12H2,1-2H3,(H,22,24)/t13-,15+,16+/m0/s1. The molecule has 8 heteroatoms. The summed E-state index contributed by atoms with van der Waals surface area (Å²) in [5.41, 5.74) is 0.791. The van der Waals surface area contributed by atoms with E-state index in [4.69, 9.17) is 9.47 Å². The Balaban J connectivity index is 1.50. The molecule has 3 amide bonds. The number of imide groups is 1. The number of fused-ring (bicyclic) bond motifs is 1. The second-order valence-corrected chi connectivity index (χ2v) is 7.42. The van der Waals surface area contributed by atoms with Crippen LogP contribution in [-0.2, 0) is 30.5 Å². The third-order valence-electron chi connectivity index (χ3n) is 5.62. The van der Waals surface area contributed by atoms with Crippen molar-refractivity contribution in [2.45, 2.75) is 45.2 Å². The highest BCUT2D eigenvalue weighted by molar-refractivity contribution is 6.07. The summed E-state index contributed by atoms with van der Waals surface area (Å²) in [4.78, 5) is 50.5. The van der Waals surface area contributed by atoms with E-state index in [0.29, 0.717) is 18.6 Å². The molecule has 0 radical (unpaired) electrons. The summed E-state index contributed by atoms with van der Waals surface area (Å²) in [7, 11) is 1.54. The van der Waals surface area contributed by atoms with Gasteiger partial charge in [-0.25, -0.2) is 4.79 Å². The SMILES string of the molecule is COc1ccccc1CNC(=O)COC(=O)[C@H](C)N1C(=O)[C@@H]2CCCC[C@H]2C1=O. The Morgan fingerprint density at radius 1 is 1.14 bits per heavy atom. The molecule has 2 aliphatic rings. The minimum absolute atomic E-state index is 0.225. The predicted molar refractivity (Wildman–Crippen MR) is 103 cm³/mol. The monoisotopic (exact) mass is 402 g/mol. The van der Waals surface area contributed by atoms with Crippen molar-refractivity contribution in [2.75, 3.05) is 13.7 Å². The normalized spacial score (nSPS) is 22.1. The van der Waals surface area contributed by atoms with Gasteiger partial charge in [-0.3, -0.25) is 19.3 Å². The fourth-order valence-electron chi connectivity index (χ4n) is 4.03. The van der Waals surface area contributed by atoms with Crippen LogP contribution in [0.2, 0.25) is 0 Å². The van der Waals surface area contributed by atoms with Crippen LogP contribution in [0, 0.1) is 11.8 Å². The van der Waals surface area contributed by atoms with Crippen LogP contribution in [0.1, 0.15) is 38.2 Å². The van der Waals surface area contributed by atoms with Gasteiger partial charge >= 0.3 is 5.97 Å². The van der Waals surface area contributed by atoms with Crippen LogP contribution in [0.25, 0.3) is 0 Å². The van der Waals surface area contributed by atoms with Crippen molar-refractivity contribution in [1.29, 1.82) is 0 Å². The number of hydrogen-bond donors (Lipinski definition) is 1. The van der Waals surface area contributed by atoms with E-state index in [2.05, 4.69) is 5.32 Å². The zero-order valence-corrected chi connectivity index (χ0v) is 16.7. The Morgan fingerprint density at radius 2 is 1.76 bits per heavy atom. The second-order valence-electron chi connectivity index (χ2n) is 7.42. The summed E-state index contributed by atoms with van der Waals surface area (Å²) >= 11 is 0. The van der Waals surface area contributed by atoms with Crippen molar-refractivity contribution < 1.29 is 28.7 Å². The van der Waals surface area contributed by atoms with Crippen LogP contribution in [0.4, 0.5) is 0 Å². The number of nitrogens with zero attached hydrogens (tertiary/aromatic N) is 1. The molecule has 8 nitrogen and oxygen atoms in total. The van der Waals surface area contributed by atoms with E-state index in [9.17, 15) is 19.2 Å². The molecule has 1 saturated carbocycles. The first-order chi connectivity index (χ1) is 13.9. The van der Waals surface area contributed by atoms with Crippen molar-refractivity contribution in [1.82, 2.24) is 10.2 Å². The molecule has 1 aliphatic carbocycles. The van der Waals surface area contributed by atoms with E-state index in [1.54, 1.807) is 13.2 Å². The number of esters is 1. The van der Waals surface area contributed by atoms with Crippen molar-refractivity contribution in [3.8, 4) is 5.75 Å². The molecule has 1 heterocycles. The minimum Gasteiger partial charge on any atom is -0.496 e. The Kier molecular flexibility index (Phi) is 6.51. The number of hydrogen-bond acceptors (Lipinski definition) is 6. The zero-order valence-electron chi connectivity index (χ0n) is 16.7. The van der Waals surface area contributed by atoms with E-state index >= 15 is 0 Å². The third kappa shape index (κ3) is 4.41. The highest BCUT2D eigenvalue weighted by atomic mass is 16.5. The number of methoxy groups -OCH3 is 1. The highest BCUT2D eigenvalue weighted by Crippen LogP contribution is 2.38. The van der Waals surface area contributed by atoms with E-state index < -0.39 is 24.5 Å². The van der Waals surface area contributed by atoms with Gasteiger partial charge in [0.05, 0.1) is 18.9 Å². The quantitative estimate of drug-likeness (QED) is 0.547. The van der Waals surface area contributed by atoms with Crippen LogP contribution in [0.15, 0.2) is 24.3 Å². The van der Waals surface area contributed by atoms with Gasteiger partial charge in [0.25, 0.3) is 5.91 Å². The van der Waals surface area contributed by atoms with Crippen molar-refractivity contribution in [3.63, 3.8) is 0 Å². The molecule has 0 bridgehead atoms. The number of carbonyl (C=O) groups is 4. The molecule has 0 unspecified atom stereocenters. The van der Waals surface area contributed by atoms with Gasteiger partial charge in [-0.2, -0.15) is 0 Å². The number of ether oxygens (including phenoxy) is 2. The number of nitrogens with one attached hydrogen (secondary N) is 1. The topological polar surface area (TPSA) is 102 Å². The molecular weight excluding hydrogens is 376 g/mol. The molecule has 1 saturated heterocycles. The van der Waals surface area contributed by atoms with Crippen LogP contribution in [0.3, 0.4) is 0 Å². The summed E-state index contributed by atoms with van der Waals surface area (Å²) in [6.07, 6.45) is 3.19. The molecule has 1 aliphatic heterocycles. The van der Waals surface area contributed by atoms with Crippen LogP contribution in [0.5, 0.6) is 5.75 Å². The molecule has 1 N–H and O–H groups in total. The van der Waals surface area contributed by atoms with E-state index in [0.717, 1.165) is 23.3 Å². The maximum atomic E-state index is 12.6. The first-order valence-corrected chi connectivity index (χ1v) is 9.86. The van der Waals surface area contributed by atoms with Crippen molar-refractivity contribution in [2.24, 2.45) is 11.8 Å². The lowest BCUT2D eigenvalue weighted by Crippen LogP contribution is -2.45. The average Bonchev–Trinajstić information content (AvgIpc) is 3.00. The summed E-state index contributed by atoms with van der Waals surface area (Å²) in [5, 5.41) is 2.65. The Morgan fingerprint density at radius 3 is 2.38 bits per heavy atom. The predicted octanol–water partition coefficient (Wildman–Crippen LogP) is 1.42. The number of carbonyl (C=O) groups excluding carboxylic acids is 4. The van der Waals surface area contributed by atoms with Gasteiger partial charge in [-0.15, -0.1) is 0 Å². The van der Waals surface area contributed by atoms with Gasteiger partial charge in [0, 0.05) is 12.1 Å². The molecule has 156 valence electrons. The summed E-state index contributed by atoms with van der Waals surface area (Å²) < 4.78 is 10.3. The first-order valence-electron chi connectivity index (χ1n) is 9.86. The molecule has 1 aromatic carbocycles. The van der Waals surface area contributed by atoms with Gasteiger partial charge in [0.1, 0.15) is 11.8 Å². The molecular formula is C21H26N2O6. The van der Waals surface area contributed by atoms with E-state index in [-0.39, 0.29) is 30.2 Å². The van der Waals surface area contributed by atoms with Gasteiger partial charge in [0.2, 0.25) is 11.8 Å². The Bertz CT molecular complexity index is 784. The summed E-state index contributed by atoms with van der Waals surface area (Å²) in [5.74, 6) is -1.85. The molecule has 1 aromatic rings. The van der Waals surface area contributed by atoms with Crippen molar-refractivity contribution >= 4 is 23.7 Å². The third-order valence-corrected chi connectivity index (χ3v) is 5.62. The summed E-state index contributed by atoms with van der Waals surface area (Å²) in [6, 6.07) is 6.21. The first kappa shape index (κ1) is 20.8. The molecule has 29 heavy (non-hydrogen) atoms. The summed E-state index contributed by atoms with van der Waals surface area (Å²) in [6.45, 7) is 1.20. The maximum absolute atomic E-state index is 12.6. The molecule has 0 spiro atoms. The van der Waals surface area contributed by atoms with Gasteiger partial charge in [0.15, 0.2) is 6.61 Å². The van der Waals surface area contributed by atoms with Crippen LogP contribution < -0.4 is 10.1 Å². The Hall–Kier alpha value is -2.90. The number of amides is 3. The number of rotatable bonds is 7. The highest BCUT2D eigenvalue weighted by Gasteiger charge is 2.51. The van der Waals surface area contributed by atoms with Gasteiger partial charge in [-0.05, 0) is 25.8 Å². The van der Waals surface area contributed by atoms with Crippen LogP contribution >= 0.6 is 0 Å². The second kappa shape index (κ2) is 9.07. The van der Waals surface area contributed by atoms with Gasteiger partial charge < -0.3 is 14.8 Å². The largest absolute Gasteiger partial charge is 0.496 e. The smallest absolute Gasteiger partial charge is 0.329 e. The lowest BCUT2D eigenvalue weighted by Gasteiger charge is -2.21. The van der Waals surface area contributed by atoms with E-state index in [1.165, 1.54) is 6.92 Å². The minimum atomic E-state index is -1.04. The lowest BCUT2D eigenvalue weighted by molar-refractivity contribution is -0.159. The fraction of sp³-hybridized carbons (Fsp3) is 0.524. The lowest BCUT2D eigenvalue weighted by atomic mass is 9.81. The van der Waals surface area contributed by atoms with Gasteiger partial charge in [-0.1, -0.05) is 31.0 Å². The van der Waals surface area contributed by atoms with E-state index in [1.807, 2.05) is 18.2 Å². The zero-order chi connectivity index (χ0) is 21.0. The Labute approximate surface area is 169 Å². The average molecular weight is 402 g/mol. The molecule has 0 aromatic heterocycles. The number of para-hydroxylation sites is 1. The molecule has 3 rings (SSSR count). The van der Waals surface area contributed by atoms with Crippen molar-refractivity contribution in [3.05, 3.63) is 29.8 Å². The number of likely N-dealkylation sites (tertiary alicyclic amines) is 1. The fourth-order valence-corrected chi connectivity index (χ4v) is 4.03. The number of benzene rings is 1.